The van der Waals surface area contributed by atoms with Crippen molar-refractivity contribution >= 4 is 15.9 Å². The van der Waals surface area contributed by atoms with Crippen LogP contribution in [0.1, 0.15) is 46.0 Å². The van der Waals surface area contributed by atoms with Gasteiger partial charge in [0.1, 0.15) is 5.60 Å². The quantitative estimate of drug-likeness (QED) is 0.779. The van der Waals surface area contributed by atoms with E-state index in [4.69, 9.17) is 0 Å². The Balaban J connectivity index is 2.63. The highest BCUT2D eigenvalue weighted by Crippen LogP contribution is 2.47. The molecule has 4 heteroatoms. The molecule has 0 bridgehead atoms. The van der Waals surface area contributed by atoms with Crippen LogP contribution in [0.25, 0.3) is 0 Å². The lowest BCUT2D eigenvalue weighted by atomic mass is 9.75. The molecule has 90 valence electrons. The molecule has 2 unspecified atom stereocenters. The first kappa shape index (κ1) is 13.4. The average Bonchev–Trinajstić information content (AvgIpc) is 2.00. The van der Waals surface area contributed by atoms with E-state index in [-0.39, 0.29) is 18.8 Å². The third kappa shape index (κ3) is 3.38. The van der Waals surface area contributed by atoms with Crippen molar-refractivity contribution < 1.29 is 13.9 Å². The van der Waals surface area contributed by atoms with Crippen LogP contribution < -0.4 is 0 Å². The highest BCUT2D eigenvalue weighted by molar-refractivity contribution is 9.10. The molecule has 1 N–H and O–H groups in total. The molecule has 0 radical (unpaired) electrons. The van der Waals surface area contributed by atoms with Gasteiger partial charge in [-0.2, -0.15) is 8.78 Å². The molecule has 0 aromatic heterocycles. The van der Waals surface area contributed by atoms with Crippen molar-refractivity contribution in [3.8, 4) is 0 Å². The lowest BCUT2D eigenvalue weighted by Gasteiger charge is -2.39. The molecule has 0 aromatic rings. The van der Waals surface area contributed by atoms with Crippen molar-refractivity contribution in [2.24, 2.45) is 11.8 Å². The van der Waals surface area contributed by atoms with Crippen molar-refractivity contribution in [2.45, 2.75) is 56.4 Å². The summed E-state index contributed by atoms with van der Waals surface area (Å²) in [5.41, 5.74) is -1.84. The molecule has 0 amide bonds. The molecule has 1 aliphatic carbocycles. The predicted molar refractivity (Wildman–Crippen MR) is 60.2 cm³/mol. The van der Waals surface area contributed by atoms with Gasteiger partial charge in [0.05, 0.1) is 0 Å². The number of hydrogen-bond acceptors (Lipinski definition) is 1. The number of rotatable bonds is 3. The zero-order chi connectivity index (χ0) is 11.7. The second kappa shape index (κ2) is 4.66. The molecule has 1 rings (SSSR count). The zero-order valence-corrected chi connectivity index (χ0v) is 10.9. The largest absolute Gasteiger partial charge is 0.383 e. The fraction of sp³-hybridized carbons (Fsp3) is 1.00. The molecular weight excluding hydrogens is 266 g/mol. The molecule has 1 nitrogen and oxygen atoms in total. The van der Waals surface area contributed by atoms with Gasteiger partial charge in [0, 0.05) is 0 Å². The predicted octanol–water partition coefficient (Wildman–Crippen LogP) is 3.94. The van der Waals surface area contributed by atoms with Crippen LogP contribution in [-0.2, 0) is 0 Å². The maximum Gasteiger partial charge on any atom is 0.329 e. The van der Waals surface area contributed by atoms with Crippen LogP contribution in [0.4, 0.5) is 8.78 Å². The van der Waals surface area contributed by atoms with E-state index in [0.29, 0.717) is 12.3 Å². The van der Waals surface area contributed by atoms with Gasteiger partial charge in [0.25, 0.3) is 0 Å². The highest BCUT2D eigenvalue weighted by Gasteiger charge is 2.52. The van der Waals surface area contributed by atoms with Crippen LogP contribution in [0.15, 0.2) is 0 Å². The minimum Gasteiger partial charge on any atom is -0.383 e. The van der Waals surface area contributed by atoms with Crippen LogP contribution >= 0.6 is 15.9 Å². The fourth-order valence-electron chi connectivity index (χ4n) is 2.49. The van der Waals surface area contributed by atoms with Crippen molar-refractivity contribution in [2.75, 3.05) is 0 Å². The second-order valence-electron chi connectivity index (χ2n) is 5.12. The van der Waals surface area contributed by atoms with Crippen LogP contribution in [0.3, 0.4) is 0 Å². The lowest BCUT2D eigenvalue weighted by Crippen LogP contribution is -2.47. The van der Waals surface area contributed by atoms with E-state index >= 15 is 0 Å². The van der Waals surface area contributed by atoms with E-state index in [9.17, 15) is 13.9 Å². The van der Waals surface area contributed by atoms with Crippen molar-refractivity contribution in [3.05, 3.63) is 0 Å². The molecule has 1 saturated carbocycles. The summed E-state index contributed by atoms with van der Waals surface area (Å²) in [5.74, 6) is 0.730. The van der Waals surface area contributed by atoms with Gasteiger partial charge in [0.2, 0.25) is 0 Å². The van der Waals surface area contributed by atoms with Gasteiger partial charge in [-0.25, -0.2) is 0 Å². The average molecular weight is 285 g/mol. The third-order valence-corrected chi connectivity index (χ3v) is 3.90. The summed E-state index contributed by atoms with van der Waals surface area (Å²) in [6.07, 6.45) is 2.98. The van der Waals surface area contributed by atoms with Gasteiger partial charge < -0.3 is 5.11 Å². The van der Waals surface area contributed by atoms with E-state index in [1.165, 1.54) is 0 Å². The first-order valence-electron chi connectivity index (χ1n) is 5.54. The van der Waals surface area contributed by atoms with E-state index in [1.54, 1.807) is 0 Å². The maximum absolute atomic E-state index is 13.2. The number of halogens is 3. The van der Waals surface area contributed by atoms with Crippen LogP contribution in [-0.4, -0.2) is 15.5 Å². The van der Waals surface area contributed by atoms with Gasteiger partial charge in [-0.1, -0.05) is 26.7 Å². The van der Waals surface area contributed by atoms with E-state index in [0.717, 1.165) is 12.8 Å². The molecule has 15 heavy (non-hydrogen) atoms. The van der Waals surface area contributed by atoms with E-state index in [2.05, 4.69) is 29.8 Å². The number of aliphatic hydroxyl groups is 1. The molecule has 0 aromatic carbocycles. The maximum atomic E-state index is 13.2. The smallest absolute Gasteiger partial charge is 0.329 e. The van der Waals surface area contributed by atoms with Gasteiger partial charge in [-0.3, -0.25) is 0 Å². The Morgan fingerprint density at radius 3 is 2.60 bits per heavy atom. The van der Waals surface area contributed by atoms with Crippen LogP contribution in [0.2, 0.25) is 0 Å². The summed E-state index contributed by atoms with van der Waals surface area (Å²) in [6.45, 7) is 4.17. The minimum atomic E-state index is -3.16. The fourth-order valence-corrected chi connectivity index (χ4v) is 2.85. The second-order valence-corrected chi connectivity index (χ2v) is 6.12. The molecule has 2 atom stereocenters. The first-order chi connectivity index (χ1) is 6.74. The number of alkyl halides is 3. The van der Waals surface area contributed by atoms with Crippen LogP contribution in [0, 0.1) is 11.8 Å². The normalized spacial score (nSPS) is 33.4. The summed E-state index contributed by atoms with van der Waals surface area (Å²) < 4.78 is 26.3. The highest BCUT2D eigenvalue weighted by atomic mass is 79.9. The Bertz CT molecular complexity index is 215. The SMILES string of the molecule is CC(C)CC1CCCC(O)(C(F)(F)Br)C1. The Labute approximate surface area is 98.4 Å². The Hall–Kier alpha value is 0.300. The molecule has 0 aliphatic heterocycles. The topological polar surface area (TPSA) is 20.2 Å². The monoisotopic (exact) mass is 284 g/mol. The summed E-state index contributed by atoms with van der Waals surface area (Å²) in [7, 11) is 0. The molecule has 0 spiro atoms. The zero-order valence-electron chi connectivity index (χ0n) is 9.27. The first-order valence-corrected chi connectivity index (χ1v) is 6.33. The molecule has 0 heterocycles. The van der Waals surface area contributed by atoms with Crippen LogP contribution in [0.5, 0.6) is 0 Å². The molecule has 1 aliphatic rings. The standard InChI is InChI=1S/C11H19BrF2O/c1-8(2)6-9-4-3-5-10(15,7-9)11(12,13)14/h8-9,15H,3-7H2,1-2H3. The minimum absolute atomic E-state index is 0.194. The Morgan fingerprint density at radius 2 is 2.13 bits per heavy atom. The van der Waals surface area contributed by atoms with Crippen molar-refractivity contribution in [3.63, 3.8) is 0 Å². The summed E-state index contributed by atoms with van der Waals surface area (Å²) in [6, 6.07) is 0. The van der Waals surface area contributed by atoms with Gasteiger partial charge in [0.15, 0.2) is 0 Å². The molecule has 1 fully saturated rings. The Kier molecular flexibility index (Phi) is 4.15. The summed E-state index contributed by atoms with van der Waals surface area (Å²) in [5, 5.41) is 9.89. The third-order valence-electron chi connectivity index (χ3n) is 3.16. The molecular formula is C11H19BrF2O. The van der Waals surface area contributed by atoms with Crippen molar-refractivity contribution in [1.29, 1.82) is 0 Å². The van der Waals surface area contributed by atoms with E-state index < -0.39 is 10.4 Å². The van der Waals surface area contributed by atoms with Gasteiger partial charge >= 0.3 is 4.83 Å². The van der Waals surface area contributed by atoms with E-state index in [1.807, 2.05) is 0 Å². The van der Waals surface area contributed by atoms with Gasteiger partial charge in [-0.05, 0) is 47.0 Å². The summed E-state index contributed by atoms with van der Waals surface area (Å²) >= 11 is 2.31. The lowest BCUT2D eigenvalue weighted by molar-refractivity contribution is -0.145. The number of hydrogen-bond donors (Lipinski definition) is 1. The Morgan fingerprint density at radius 1 is 1.53 bits per heavy atom. The van der Waals surface area contributed by atoms with Gasteiger partial charge in [-0.15, -0.1) is 0 Å². The van der Waals surface area contributed by atoms with Crippen molar-refractivity contribution in [1.82, 2.24) is 0 Å². The molecule has 0 saturated heterocycles. The summed E-state index contributed by atoms with van der Waals surface area (Å²) in [4.78, 5) is -3.16.